The fraction of sp³-hybridized carbons (Fsp3) is 0. The van der Waals surface area contributed by atoms with E-state index < -0.39 is 12.6 Å². The van der Waals surface area contributed by atoms with Crippen LogP contribution in [0, 0.1) is 0 Å². The lowest BCUT2D eigenvalue weighted by molar-refractivity contribution is 0.645. The highest BCUT2D eigenvalue weighted by molar-refractivity contribution is 4.51. The molecule has 0 spiro atoms. The van der Waals surface area contributed by atoms with E-state index in [1.54, 1.807) is 0 Å². The highest BCUT2D eigenvalue weighted by atomic mass is 19.2. The molecule has 0 rings (SSSR count). The average molecular weight is 66.0 g/mol. The van der Waals surface area contributed by atoms with Crippen molar-refractivity contribution in [1.82, 2.24) is 0 Å². The fourth-order valence-corrected chi connectivity index (χ4v) is 0. The third-order valence-corrected chi connectivity index (χ3v) is 0.0357. The molecule has 0 aliphatic rings. The van der Waals surface area contributed by atoms with Crippen LogP contribution in [0.3, 0.4) is 0 Å². The summed E-state index contributed by atoms with van der Waals surface area (Å²) in [6, 6.07) is 0. The molecule has 0 heterocycles. The van der Waals surface area contributed by atoms with Crippen molar-refractivity contribution in [3.8, 4) is 0 Å². The molecule has 0 N–H and O–H groups in total. The van der Waals surface area contributed by atoms with E-state index in [4.69, 9.17) is 2.74 Å². The number of hydrogen-bond acceptors (Lipinski definition) is 0. The number of rotatable bonds is 0. The predicted octanol–water partition coefficient (Wildman–Crippen LogP) is 1.40. The zero-order valence-corrected chi connectivity index (χ0v) is 1.76. The van der Waals surface area contributed by atoms with Crippen molar-refractivity contribution in [2.24, 2.45) is 0 Å². The van der Waals surface area contributed by atoms with E-state index >= 15 is 0 Å². The molecule has 0 bridgehead atoms. The van der Waals surface area contributed by atoms with Gasteiger partial charge in [-0.05, 0) is 0 Å². The summed E-state index contributed by atoms with van der Waals surface area (Å²) in [7, 11) is 0. The molecule has 0 saturated heterocycles. The lowest BCUT2D eigenvalue weighted by Gasteiger charge is -1.42. The summed E-state index contributed by atoms with van der Waals surface area (Å²) < 4.78 is 33.0. The molecule has 0 aromatic heterocycles. The van der Waals surface area contributed by atoms with Crippen LogP contribution in [-0.4, -0.2) is 0 Å². The molecule has 0 radical (unpaired) electrons. The normalized spacial score (nSPS) is 21.5. The van der Waals surface area contributed by atoms with Crippen molar-refractivity contribution < 1.29 is 11.5 Å². The van der Waals surface area contributed by atoms with Gasteiger partial charge in [-0.15, -0.1) is 0 Å². The largest absolute Gasteiger partial charge is 0.213 e. The molecule has 0 amide bonds. The van der Waals surface area contributed by atoms with E-state index in [0.717, 1.165) is 0 Å². The van der Waals surface area contributed by atoms with Crippen molar-refractivity contribution in [3.63, 3.8) is 0 Å². The quantitative estimate of drug-likeness (QED) is 0.401. The van der Waals surface area contributed by atoms with Gasteiger partial charge in [-0.1, -0.05) is 0 Å². The molecule has 0 saturated carbocycles. The van der Waals surface area contributed by atoms with Gasteiger partial charge in [0.15, 0.2) is 0 Å². The molecular formula is C2H2F2. The van der Waals surface area contributed by atoms with Gasteiger partial charge in [0.25, 0.3) is 0 Å². The van der Waals surface area contributed by atoms with Crippen LogP contribution in [-0.2, 0) is 0 Å². The predicted molar refractivity (Wildman–Crippen MR) is 11.4 cm³/mol. The van der Waals surface area contributed by atoms with Crippen LogP contribution in [0.4, 0.5) is 8.78 Å². The minimum Gasteiger partial charge on any atom is -0.213 e. The Morgan fingerprint density at radius 1 is 1.50 bits per heavy atom. The topological polar surface area (TPSA) is 0 Å². The second-order valence-corrected chi connectivity index (χ2v) is 0.189. The Balaban J connectivity index is 3.68. The summed E-state index contributed by atoms with van der Waals surface area (Å²) in [4.78, 5) is 0. The van der Waals surface area contributed by atoms with Gasteiger partial charge in [-0.3, -0.25) is 0 Å². The summed E-state index contributed by atoms with van der Waals surface area (Å²) in [5.41, 5.74) is 0. The first-order chi connectivity index (χ1) is 2.64. The molecule has 0 aliphatic carbocycles. The third kappa shape index (κ3) is 1.60. The lowest BCUT2D eigenvalue weighted by Crippen LogP contribution is -1.18. The first-order valence-electron chi connectivity index (χ1n) is 1.63. The number of halogens is 2. The molecular weight excluding hydrogens is 62.0 g/mol. The van der Waals surface area contributed by atoms with E-state index in [-0.39, 0.29) is 0 Å². The minimum atomic E-state index is -1.82. The van der Waals surface area contributed by atoms with Crippen LogP contribution < -0.4 is 0 Å². The van der Waals surface area contributed by atoms with Gasteiger partial charge < -0.3 is 0 Å². The highest BCUT2D eigenvalue weighted by Crippen LogP contribution is 1.67. The van der Waals surface area contributed by atoms with Crippen molar-refractivity contribution in [2.45, 2.75) is 0 Å². The maximum Gasteiger partial charge on any atom is 0.115 e. The Bertz CT molecular complexity index is 59.6. The Labute approximate surface area is 25.6 Å². The molecule has 0 atom stereocenters. The maximum absolute atomic E-state index is 10.8. The Morgan fingerprint density at radius 3 is 1.75 bits per heavy atom. The summed E-state index contributed by atoms with van der Waals surface area (Å²) >= 11 is 0. The standard InChI is InChI=1S/C2H2F2/c3-1-2-4/h1-2H/b2-1+/i1D,2D. The monoisotopic (exact) mass is 66.0 g/mol. The van der Waals surface area contributed by atoms with Crippen LogP contribution in [0.15, 0.2) is 12.6 Å². The minimum absolute atomic E-state index is 1.82. The molecule has 0 unspecified atom stereocenters. The first-order valence-corrected chi connectivity index (χ1v) is 0.628. The smallest absolute Gasteiger partial charge is 0.115 e. The highest BCUT2D eigenvalue weighted by Gasteiger charge is 1.43. The molecule has 4 heavy (non-hydrogen) atoms. The Hall–Kier alpha value is -0.400. The molecule has 0 nitrogen and oxygen atoms in total. The molecule has 2 heteroatoms. The van der Waals surface area contributed by atoms with Crippen LogP contribution in [0.25, 0.3) is 0 Å². The van der Waals surface area contributed by atoms with Crippen LogP contribution >= 0.6 is 0 Å². The SMILES string of the molecule is [2H]/C(F)=C(/[2H])F. The summed E-state index contributed by atoms with van der Waals surface area (Å²) in [6.45, 7) is 0. The molecule has 24 valence electrons. The zero-order valence-electron chi connectivity index (χ0n) is 3.76. The first kappa shape index (κ1) is 1.15. The van der Waals surface area contributed by atoms with Crippen LogP contribution in [0.5, 0.6) is 0 Å². The Morgan fingerprint density at radius 2 is 1.75 bits per heavy atom. The molecule has 0 aliphatic heterocycles. The van der Waals surface area contributed by atoms with E-state index in [9.17, 15) is 8.78 Å². The Kier molecular flexibility index (Phi) is 0.748. The third-order valence-electron chi connectivity index (χ3n) is 0.0357. The van der Waals surface area contributed by atoms with E-state index in [1.807, 2.05) is 0 Å². The van der Waals surface area contributed by atoms with Crippen molar-refractivity contribution in [3.05, 3.63) is 12.6 Å². The van der Waals surface area contributed by atoms with E-state index in [2.05, 4.69) is 0 Å². The summed E-state index contributed by atoms with van der Waals surface area (Å²) in [5.74, 6) is 0. The fourth-order valence-electron chi connectivity index (χ4n) is 0. The lowest BCUT2D eigenvalue weighted by atomic mass is 11.2. The summed E-state index contributed by atoms with van der Waals surface area (Å²) in [5, 5.41) is 0. The molecule has 0 fully saturated rings. The van der Waals surface area contributed by atoms with E-state index in [1.165, 1.54) is 0 Å². The van der Waals surface area contributed by atoms with Crippen molar-refractivity contribution in [1.29, 1.82) is 0 Å². The second kappa shape index (κ2) is 2.60. The maximum atomic E-state index is 10.8. The van der Waals surface area contributed by atoms with Crippen molar-refractivity contribution >= 4 is 0 Å². The van der Waals surface area contributed by atoms with Crippen LogP contribution in [0.2, 0.25) is 0 Å². The van der Waals surface area contributed by atoms with Crippen LogP contribution in [0.1, 0.15) is 2.74 Å². The summed E-state index contributed by atoms with van der Waals surface area (Å²) in [6.07, 6.45) is -3.65. The van der Waals surface area contributed by atoms with E-state index in [0.29, 0.717) is 0 Å². The zero-order chi connectivity index (χ0) is 5.15. The van der Waals surface area contributed by atoms with Gasteiger partial charge in [0.05, 0.1) is 2.74 Å². The second-order valence-electron chi connectivity index (χ2n) is 0.189. The number of hydrogen-bond donors (Lipinski definition) is 0. The van der Waals surface area contributed by atoms with Gasteiger partial charge in [0.2, 0.25) is 0 Å². The average Bonchev–Trinajstić information content (AvgIpc) is 1.36. The van der Waals surface area contributed by atoms with Gasteiger partial charge in [0, 0.05) is 0 Å². The van der Waals surface area contributed by atoms with Gasteiger partial charge in [0.1, 0.15) is 12.6 Å². The molecule has 0 aromatic rings. The van der Waals surface area contributed by atoms with Gasteiger partial charge in [-0.25, -0.2) is 8.78 Å². The molecule has 0 aromatic carbocycles. The van der Waals surface area contributed by atoms with Crippen molar-refractivity contribution in [2.75, 3.05) is 0 Å². The van der Waals surface area contributed by atoms with Gasteiger partial charge >= 0.3 is 0 Å². The van der Waals surface area contributed by atoms with Gasteiger partial charge in [-0.2, -0.15) is 0 Å².